The highest BCUT2D eigenvalue weighted by Crippen LogP contribution is 2.14. The first-order valence-corrected chi connectivity index (χ1v) is 6.53. The van der Waals surface area contributed by atoms with Crippen LogP contribution in [0, 0.1) is 18.8 Å². The van der Waals surface area contributed by atoms with Crippen LogP contribution < -0.4 is 0 Å². The number of aliphatic imine (C=N–C) groups is 1. The summed E-state index contributed by atoms with van der Waals surface area (Å²) >= 11 is 0. The van der Waals surface area contributed by atoms with Crippen LogP contribution in [0.4, 0.5) is 0 Å². The number of hydrogen-bond acceptors (Lipinski definition) is 1. The number of hydrogen-bond donors (Lipinski definition) is 0. The molecule has 1 aliphatic heterocycles. The quantitative estimate of drug-likeness (QED) is 0.631. The van der Waals surface area contributed by atoms with Gasteiger partial charge < -0.3 is 0 Å². The zero-order valence-electron chi connectivity index (χ0n) is 11.0. The van der Waals surface area contributed by atoms with Gasteiger partial charge in [-0.05, 0) is 54.3 Å². The van der Waals surface area contributed by atoms with E-state index in [1.807, 2.05) is 18.3 Å². The van der Waals surface area contributed by atoms with Gasteiger partial charge in [0.1, 0.15) is 0 Å². The lowest BCUT2D eigenvalue weighted by Gasteiger charge is -2.09. The van der Waals surface area contributed by atoms with Crippen LogP contribution in [0.1, 0.15) is 27.8 Å². The smallest absolute Gasteiger partial charge is 0.0430 e. The third kappa shape index (κ3) is 2.74. The summed E-state index contributed by atoms with van der Waals surface area (Å²) in [5.41, 5.74) is 5.97. The van der Waals surface area contributed by atoms with Gasteiger partial charge in [-0.2, -0.15) is 0 Å². The lowest BCUT2D eigenvalue weighted by Crippen LogP contribution is -2.02. The third-order valence-electron chi connectivity index (χ3n) is 3.25. The van der Waals surface area contributed by atoms with Crippen LogP contribution in [0.15, 0.2) is 47.5 Å². The molecule has 19 heavy (non-hydrogen) atoms. The Morgan fingerprint density at radius 3 is 2.68 bits per heavy atom. The molecule has 0 amide bonds. The fourth-order valence-electron chi connectivity index (χ4n) is 2.24. The molecule has 0 unspecified atom stereocenters. The van der Waals surface area contributed by atoms with Crippen LogP contribution in [0.25, 0.3) is 0 Å². The van der Waals surface area contributed by atoms with E-state index in [0.29, 0.717) is 0 Å². The normalized spacial score (nSPS) is 12.5. The maximum atomic E-state index is 4.29. The number of fused-ring (bicyclic) bond motifs is 1. The summed E-state index contributed by atoms with van der Waals surface area (Å²) < 4.78 is 0. The van der Waals surface area contributed by atoms with Gasteiger partial charge in [0.15, 0.2) is 0 Å². The monoisotopic (exact) mass is 245 g/mol. The van der Waals surface area contributed by atoms with Gasteiger partial charge in [0, 0.05) is 23.9 Å². The molecule has 0 bridgehead atoms. The summed E-state index contributed by atoms with van der Waals surface area (Å²) in [7, 11) is 0. The number of rotatable bonds is 0. The minimum Gasteiger partial charge on any atom is -0.292 e. The second kappa shape index (κ2) is 5.12. The summed E-state index contributed by atoms with van der Waals surface area (Å²) in [5, 5.41) is 0. The molecule has 0 aromatic heterocycles. The van der Waals surface area contributed by atoms with E-state index >= 15 is 0 Å². The van der Waals surface area contributed by atoms with Crippen molar-refractivity contribution in [2.75, 3.05) is 6.54 Å². The fourth-order valence-corrected chi connectivity index (χ4v) is 2.24. The van der Waals surface area contributed by atoms with Crippen LogP contribution in [-0.4, -0.2) is 12.8 Å². The maximum absolute atomic E-state index is 4.29. The van der Waals surface area contributed by atoms with E-state index in [1.165, 1.54) is 16.7 Å². The molecule has 2 aromatic carbocycles. The maximum Gasteiger partial charge on any atom is 0.0430 e. The van der Waals surface area contributed by atoms with Gasteiger partial charge in [0.2, 0.25) is 0 Å². The topological polar surface area (TPSA) is 12.4 Å². The molecule has 1 heterocycles. The van der Waals surface area contributed by atoms with Crippen LogP contribution in [0.5, 0.6) is 0 Å². The summed E-state index contributed by atoms with van der Waals surface area (Å²) in [4.78, 5) is 4.29. The Balaban J connectivity index is 1.90. The highest BCUT2D eigenvalue weighted by atomic mass is 14.7. The molecule has 0 saturated carbocycles. The first-order valence-electron chi connectivity index (χ1n) is 6.53. The van der Waals surface area contributed by atoms with E-state index < -0.39 is 0 Å². The highest BCUT2D eigenvalue weighted by molar-refractivity contribution is 5.83. The molecule has 0 aliphatic carbocycles. The molecule has 1 heteroatoms. The van der Waals surface area contributed by atoms with Crippen molar-refractivity contribution < 1.29 is 0 Å². The predicted molar refractivity (Wildman–Crippen MR) is 79.8 cm³/mol. The summed E-state index contributed by atoms with van der Waals surface area (Å²) in [6.45, 7) is 2.98. The van der Waals surface area contributed by atoms with Gasteiger partial charge in [-0.15, -0.1) is 0 Å². The molecule has 0 N–H and O–H groups in total. The van der Waals surface area contributed by atoms with Crippen LogP contribution in [-0.2, 0) is 6.42 Å². The molecule has 2 aromatic rings. The van der Waals surface area contributed by atoms with Gasteiger partial charge in [-0.1, -0.05) is 30.0 Å². The number of benzene rings is 2. The minimum absolute atomic E-state index is 0.891. The number of aryl methyl sites for hydroxylation is 1. The van der Waals surface area contributed by atoms with Crippen molar-refractivity contribution in [3.8, 4) is 11.8 Å². The van der Waals surface area contributed by atoms with Crippen LogP contribution in [0.3, 0.4) is 0 Å². The van der Waals surface area contributed by atoms with Crippen molar-refractivity contribution in [1.82, 2.24) is 0 Å². The van der Waals surface area contributed by atoms with Crippen molar-refractivity contribution in [2.24, 2.45) is 4.99 Å². The Morgan fingerprint density at radius 2 is 1.84 bits per heavy atom. The standard InChI is InChI=1S/C18H15N/c1-14-3-2-4-15(11-14)5-6-16-7-8-18-13-19-10-9-17(18)12-16/h2-4,7-8,11-13H,9-10H2,1H3. The van der Waals surface area contributed by atoms with E-state index in [2.05, 4.69) is 54.1 Å². The SMILES string of the molecule is Cc1cccc(C#Cc2ccc3c(c2)CCN=C3)c1. The molecule has 0 radical (unpaired) electrons. The van der Waals surface area contributed by atoms with Crippen LogP contribution in [0.2, 0.25) is 0 Å². The second-order valence-electron chi connectivity index (χ2n) is 4.82. The van der Waals surface area contributed by atoms with Crippen molar-refractivity contribution in [2.45, 2.75) is 13.3 Å². The van der Waals surface area contributed by atoms with Gasteiger partial charge in [0.25, 0.3) is 0 Å². The highest BCUT2D eigenvalue weighted by Gasteiger charge is 2.04. The average molecular weight is 245 g/mol. The summed E-state index contributed by atoms with van der Waals surface area (Å²) in [6.07, 6.45) is 2.97. The second-order valence-corrected chi connectivity index (χ2v) is 4.82. The van der Waals surface area contributed by atoms with Gasteiger partial charge in [0.05, 0.1) is 0 Å². The molecule has 0 spiro atoms. The van der Waals surface area contributed by atoms with Crippen molar-refractivity contribution in [3.05, 3.63) is 70.3 Å². The zero-order valence-corrected chi connectivity index (χ0v) is 11.0. The Hall–Kier alpha value is -2.33. The third-order valence-corrected chi connectivity index (χ3v) is 3.25. The van der Waals surface area contributed by atoms with Gasteiger partial charge in [-0.3, -0.25) is 4.99 Å². The van der Waals surface area contributed by atoms with Crippen LogP contribution >= 0.6 is 0 Å². The van der Waals surface area contributed by atoms with Gasteiger partial charge in [-0.25, -0.2) is 0 Å². The van der Waals surface area contributed by atoms with E-state index in [9.17, 15) is 0 Å². The first-order chi connectivity index (χ1) is 9.31. The summed E-state index contributed by atoms with van der Waals surface area (Å²) in [6, 6.07) is 14.6. The Kier molecular flexibility index (Phi) is 3.16. The molecule has 3 rings (SSSR count). The number of nitrogens with zero attached hydrogens (tertiary/aromatic N) is 1. The van der Waals surface area contributed by atoms with E-state index in [-0.39, 0.29) is 0 Å². The lowest BCUT2D eigenvalue weighted by atomic mass is 10.00. The van der Waals surface area contributed by atoms with Crippen molar-refractivity contribution >= 4 is 6.21 Å². The van der Waals surface area contributed by atoms with E-state index in [0.717, 1.165) is 24.1 Å². The average Bonchev–Trinajstić information content (AvgIpc) is 2.45. The van der Waals surface area contributed by atoms with E-state index in [4.69, 9.17) is 0 Å². The molecule has 1 nitrogen and oxygen atoms in total. The van der Waals surface area contributed by atoms with Crippen molar-refractivity contribution in [1.29, 1.82) is 0 Å². The Bertz CT molecular complexity index is 699. The summed E-state index contributed by atoms with van der Waals surface area (Å²) in [5.74, 6) is 6.47. The Labute approximate surface area is 114 Å². The van der Waals surface area contributed by atoms with Gasteiger partial charge >= 0.3 is 0 Å². The van der Waals surface area contributed by atoms with E-state index in [1.54, 1.807) is 0 Å². The van der Waals surface area contributed by atoms with Crippen molar-refractivity contribution in [3.63, 3.8) is 0 Å². The first kappa shape index (κ1) is 11.7. The molecule has 1 aliphatic rings. The predicted octanol–water partition coefficient (Wildman–Crippen LogP) is 3.37. The zero-order chi connectivity index (χ0) is 13.1. The molecular formula is C18H15N. The largest absolute Gasteiger partial charge is 0.292 e. The molecule has 0 atom stereocenters. The lowest BCUT2D eigenvalue weighted by molar-refractivity contribution is 0.952. The molecular weight excluding hydrogens is 230 g/mol. The molecule has 0 fully saturated rings. The fraction of sp³-hybridized carbons (Fsp3) is 0.167. The molecule has 92 valence electrons. The Morgan fingerprint density at radius 1 is 1.00 bits per heavy atom. The molecule has 0 saturated heterocycles. The minimum atomic E-state index is 0.891.